The van der Waals surface area contributed by atoms with Crippen molar-refractivity contribution in [1.82, 2.24) is 4.57 Å². The largest absolute Gasteiger partial charge is 0.344 e. The first-order valence-electron chi connectivity index (χ1n) is 5.62. The van der Waals surface area contributed by atoms with Crippen molar-refractivity contribution in [3.05, 3.63) is 53.3 Å². The van der Waals surface area contributed by atoms with Gasteiger partial charge in [0.05, 0.1) is 0 Å². The molecule has 1 aromatic heterocycles. The van der Waals surface area contributed by atoms with Crippen molar-refractivity contribution in [1.29, 1.82) is 0 Å². The number of nitrogens with zero attached hydrogens (tertiary/aromatic N) is 1. The normalized spacial score (nSPS) is 9.83. The molecule has 3 heteroatoms. The van der Waals surface area contributed by atoms with Crippen molar-refractivity contribution in [2.24, 2.45) is 7.05 Å². The van der Waals surface area contributed by atoms with Crippen LogP contribution in [0.5, 0.6) is 0 Å². The van der Waals surface area contributed by atoms with E-state index >= 15 is 0 Å². The maximum Gasteiger partial charge on any atom is 0.272 e. The third kappa shape index (κ3) is 2.28. The highest BCUT2D eigenvalue weighted by atomic mass is 16.1. The third-order valence-electron chi connectivity index (χ3n) is 2.89. The second-order valence-electron chi connectivity index (χ2n) is 4.10. The summed E-state index contributed by atoms with van der Waals surface area (Å²) in [5, 5.41) is 2.83. The van der Waals surface area contributed by atoms with E-state index in [1.54, 1.807) is 12.1 Å². The number of carbonyl (C=O) groups excluding carboxylic acids is 1. The van der Waals surface area contributed by atoms with Crippen LogP contribution in [0.4, 0.5) is 5.69 Å². The zero-order chi connectivity index (χ0) is 13.1. The lowest BCUT2D eigenvalue weighted by atomic mass is 10.2. The van der Waals surface area contributed by atoms with Crippen molar-refractivity contribution >= 4 is 11.6 Å². The molecule has 1 amide bonds. The summed E-state index contributed by atoms with van der Waals surface area (Å²) in [6.45, 7) is 1.95. The first-order chi connectivity index (χ1) is 8.61. The van der Waals surface area contributed by atoms with Gasteiger partial charge in [-0.25, -0.2) is 0 Å². The molecule has 0 saturated heterocycles. The number of aromatic nitrogens is 1. The number of rotatable bonds is 2. The summed E-state index contributed by atoms with van der Waals surface area (Å²) in [7, 11) is 1.86. The molecule has 0 atom stereocenters. The van der Waals surface area contributed by atoms with Crippen LogP contribution in [0, 0.1) is 19.3 Å². The van der Waals surface area contributed by atoms with Gasteiger partial charge in [0.1, 0.15) is 5.69 Å². The van der Waals surface area contributed by atoms with Gasteiger partial charge in [-0.15, -0.1) is 6.42 Å². The molecule has 0 fully saturated rings. The Morgan fingerprint density at radius 3 is 2.72 bits per heavy atom. The fourth-order valence-electron chi connectivity index (χ4n) is 1.72. The molecule has 0 unspecified atom stereocenters. The zero-order valence-electron chi connectivity index (χ0n) is 10.4. The van der Waals surface area contributed by atoms with E-state index in [9.17, 15) is 4.79 Å². The fraction of sp³-hybridized carbons (Fsp3) is 0.133. The van der Waals surface area contributed by atoms with Crippen LogP contribution in [0.1, 0.15) is 21.7 Å². The highest BCUT2D eigenvalue weighted by Gasteiger charge is 2.10. The van der Waals surface area contributed by atoms with Crippen LogP contribution in [0.2, 0.25) is 0 Å². The van der Waals surface area contributed by atoms with Crippen LogP contribution in [0.3, 0.4) is 0 Å². The van der Waals surface area contributed by atoms with Crippen LogP contribution in [0.15, 0.2) is 36.4 Å². The lowest BCUT2D eigenvalue weighted by Crippen LogP contribution is -2.16. The Balaban J connectivity index is 2.22. The van der Waals surface area contributed by atoms with Gasteiger partial charge < -0.3 is 9.88 Å². The molecular formula is C15H14N2O. The average molecular weight is 238 g/mol. The molecule has 0 radical (unpaired) electrons. The Morgan fingerprint density at radius 2 is 2.11 bits per heavy atom. The van der Waals surface area contributed by atoms with Crippen LogP contribution in [-0.4, -0.2) is 10.5 Å². The summed E-state index contributed by atoms with van der Waals surface area (Å²) in [4.78, 5) is 12.1. The standard InChI is InChI=1S/C15H14N2O/c1-4-12-6-5-7-13(10-12)16-15(18)14-9-8-11(2)17(14)3/h1,5-10H,2-3H3,(H,16,18). The van der Waals surface area contributed by atoms with Gasteiger partial charge in [-0.3, -0.25) is 4.79 Å². The number of nitrogens with one attached hydrogen (secondary N) is 1. The van der Waals surface area contributed by atoms with E-state index in [1.165, 1.54) is 0 Å². The molecule has 0 aliphatic carbocycles. The molecule has 0 aliphatic rings. The van der Waals surface area contributed by atoms with Gasteiger partial charge in [-0.1, -0.05) is 12.0 Å². The molecule has 2 rings (SSSR count). The van der Waals surface area contributed by atoms with E-state index in [0.29, 0.717) is 11.4 Å². The van der Waals surface area contributed by atoms with Crippen molar-refractivity contribution in [3.63, 3.8) is 0 Å². The minimum absolute atomic E-state index is 0.139. The van der Waals surface area contributed by atoms with E-state index in [2.05, 4.69) is 11.2 Å². The smallest absolute Gasteiger partial charge is 0.272 e. The van der Waals surface area contributed by atoms with Gasteiger partial charge in [0.15, 0.2) is 0 Å². The number of benzene rings is 1. The topological polar surface area (TPSA) is 34.0 Å². The van der Waals surface area contributed by atoms with Crippen molar-refractivity contribution in [2.45, 2.75) is 6.92 Å². The van der Waals surface area contributed by atoms with E-state index in [1.807, 2.05) is 42.8 Å². The Morgan fingerprint density at radius 1 is 1.33 bits per heavy atom. The first-order valence-corrected chi connectivity index (χ1v) is 5.62. The van der Waals surface area contributed by atoms with Gasteiger partial charge in [0.2, 0.25) is 0 Å². The molecule has 0 bridgehead atoms. The predicted molar refractivity (Wildman–Crippen MR) is 72.5 cm³/mol. The quantitative estimate of drug-likeness (QED) is 0.802. The average Bonchev–Trinajstić information content (AvgIpc) is 2.70. The van der Waals surface area contributed by atoms with E-state index in [0.717, 1.165) is 11.3 Å². The number of aryl methyl sites for hydroxylation is 1. The minimum Gasteiger partial charge on any atom is -0.344 e. The molecule has 0 spiro atoms. The van der Waals surface area contributed by atoms with Gasteiger partial charge >= 0.3 is 0 Å². The molecule has 18 heavy (non-hydrogen) atoms. The summed E-state index contributed by atoms with van der Waals surface area (Å²) in [6, 6.07) is 10.9. The Kier molecular flexibility index (Phi) is 3.20. The molecule has 90 valence electrons. The summed E-state index contributed by atoms with van der Waals surface area (Å²) in [5.41, 5.74) is 3.11. The second kappa shape index (κ2) is 4.80. The zero-order valence-corrected chi connectivity index (χ0v) is 10.4. The second-order valence-corrected chi connectivity index (χ2v) is 4.10. The van der Waals surface area contributed by atoms with Crippen molar-refractivity contribution in [2.75, 3.05) is 5.32 Å². The van der Waals surface area contributed by atoms with Crippen LogP contribution < -0.4 is 5.32 Å². The fourth-order valence-corrected chi connectivity index (χ4v) is 1.72. The SMILES string of the molecule is C#Cc1cccc(NC(=O)c2ccc(C)n2C)c1. The lowest BCUT2D eigenvalue weighted by molar-refractivity contribution is 0.101. The number of terminal acetylenes is 1. The van der Waals surface area contributed by atoms with Crippen molar-refractivity contribution in [3.8, 4) is 12.3 Å². The molecule has 0 aliphatic heterocycles. The molecular weight excluding hydrogens is 224 g/mol. The highest BCUT2D eigenvalue weighted by molar-refractivity contribution is 6.03. The van der Waals surface area contributed by atoms with E-state index in [-0.39, 0.29) is 5.91 Å². The number of carbonyl (C=O) groups is 1. The van der Waals surface area contributed by atoms with E-state index < -0.39 is 0 Å². The molecule has 2 aromatic rings. The highest BCUT2D eigenvalue weighted by Crippen LogP contribution is 2.13. The van der Waals surface area contributed by atoms with Crippen LogP contribution in [-0.2, 0) is 7.05 Å². The van der Waals surface area contributed by atoms with Gasteiger partial charge in [0.25, 0.3) is 5.91 Å². The third-order valence-corrected chi connectivity index (χ3v) is 2.89. The van der Waals surface area contributed by atoms with Crippen LogP contribution in [0.25, 0.3) is 0 Å². The van der Waals surface area contributed by atoms with Gasteiger partial charge in [0, 0.05) is 24.0 Å². The number of hydrogen-bond acceptors (Lipinski definition) is 1. The Hall–Kier alpha value is -2.47. The van der Waals surface area contributed by atoms with Gasteiger partial charge in [-0.05, 0) is 37.3 Å². The van der Waals surface area contributed by atoms with Crippen LogP contribution >= 0.6 is 0 Å². The number of hydrogen-bond donors (Lipinski definition) is 1. The summed E-state index contributed by atoms with van der Waals surface area (Å²) in [5.74, 6) is 2.40. The predicted octanol–water partition coefficient (Wildman–Crippen LogP) is 2.57. The summed E-state index contributed by atoms with van der Waals surface area (Å²) in [6.07, 6.45) is 5.32. The molecule has 1 heterocycles. The maximum atomic E-state index is 12.1. The van der Waals surface area contributed by atoms with Gasteiger partial charge in [-0.2, -0.15) is 0 Å². The summed E-state index contributed by atoms with van der Waals surface area (Å²) < 4.78 is 1.85. The van der Waals surface area contributed by atoms with E-state index in [4.69, 9.17) is 6.42 Å². The Bertz CT molecular complexity index is 632. The lowest BCUT2D eigenvalue weighted by Gasteiger charge is -2.07. The Labute approximate surface area is 106 Å². The molecule has 0 saturated carbocycles. The first kappa shape index (κ1) is 12.0. The number of amides is 1. The molecule has 1 aromatic carbocycles. The van der Waals surface area contributed by atoms with Crippen molar-refractivity contribution < 1.29 is 4.79 Å². The molecule has 1 N–H and O–H groups in total. The number of anilines is 1. The summed E-state index contributed by atoms with van der Waals surface area (Å²) >= 11 is 0. The molecule has 3 nitrogen and oxygen atoms in total. The monoisotopic (exact) mass is 238 g/mol. The minimum atomic E-state index is -0.139. The maximum absolute atomic E-state index is 12.1.